The number of hydrogen-bond donors (Lipinski definition) is 0. The van der Waals surface area contributed by atoms with Gasteiger partial charge in [-0.2, -0.15) is 0 Å². The van der Waals surface area contributed by atoms with Gasteiger partial charge in [-0.05, 0) is 28.8 Å². The second kappa shape index (κ2) is 7.25. The maximum Gasteiger partial charge on any atom is 0.253 e. The van der Waals surface area contributed by atoms with Crippen molar-refractivity contribution in [2.75, 3.05) is 26.2 Å². The minimum Gasteiger partial charge on any atom is -0.335 e. The SMILES string of the molecule is O=C(c1ccccc1)N1CCN2C[C@@H](c3ccccc3)c3ccccc3[C@@H]2C1. The standard InChI is InChI=1S/C25H24N2O/c28-25(20-11-5-2-6-12-20)27-16-15-26-17-23(19-9-3-1-4-10-19)21-13-7-8-14-22(21)24(26)18-27/h1-14,23-24H,15-18H2/t23-,24-/m0/s1. The van der Waals surface area contributed by atoms with Crippen LogP contribution in [0.1, 0.15) is 39.0 Å². The fourth-order valence-corrected chi connectivity index (χ4v) is 4.72. The Balaban J connectivity index is 1.46. The number of rotatable bonds is 2. The summed E-state index contributed by atoms with van der Waals surface area (Å²) in [4.78, 5) is 17.6. The molecule has 0 bridgehead atoms. The van der Waals surface area contributed by atoms with Crippen LogP contribution in [-0.2, 0) is 0 Å². The summed E-state index contributed by atoms with van der Waals surface area (Å²) in [6.45, 7) is 3.47. The molecule has 0 unspecified atom stereocenters. The molecule has 2 atom stereocenters. The van der Waals surface area contributed by atoms with E-state index in [1.54, 1.807) is 0 Å². The molecule has 1 saturated heterocycles. The Bertz CT molecular complexity index is 970. The third-order valence-electron chi connectivity index (χ3n) is 6.15. The van der Waals surface area contributed by atoms with E-state index >= 15 is 0 Å². The van der Waals surface area contributed by atoms with Gasteiger partial charge in [0.1, 0.15) is 0 Å². The zero-order valence-corrected chi connectivity index (χ0v) is 15.9. The summed E-state index contributed by atoms with van der Waals surface area (Å²) in [6.07, 6.45) is 0. The number of piperazine rings is 1. The third-order valence-corrected chi connectivity index (χ3v) is 6.15. The van der Waals surface area contributed by atoms with Crippen molar-refractivity contribution in [3.05, 3.63) is 107 Å². The van der Waals surface area contributed by atoms with Crippen molar-refractivity contribution >= 4 is 5.91 Å². The Kier molecular flexibility index (Phi) is 4.46. The Morgan fingerprint density at radius 3 is 2.11 bits per heavy atom. The van der Waals surface area contributed by atoms with E-state index in [0.29, 0.717) is 5.92 Å². The number of benzene rings is 3. The fourth-order valence-electron chi connectivity index (χ4n) is 4.72. The van der Waals surface area contributed by atoms with Crippen molar-refractivity contribution in [3.63, 3.8) is 0 Å². The molecule has 5 rings (SSSR count). The predicted molar refractivity (Wildman–Crippen MR) is 111 cm³/mol. The molecule has 0 aliphatic carbocycles. The first kappa shape index (κ1) is 17.2. The van der Waals surface area contributed by atoms with Gasteiger partial charge in [0, 0.05) is 37.7 Å². The molecule has 0 N–H and O–H groups in total. The number of carbonyl (C=O) groups excluding carboxylic acids is 1. The van der Waals surface area contributed by atoms with Gasteiger partial charge in [0.2, 0.25) is 0 Å². The molecule has 0 aromatic heterocycles. The number of hydrogen-bond acceptors (Lipinski definition) is 2. The van der Waals surface area contributed by atoms with Crippen LogP contribution in [0, 0.1) is 0 Å². The van der Waals surface area contributed by atoms with Gasteiger partial charge in [0.25, 0.3) is 5.91 Å². The van der Waals surface area contributed by atoms with Crippen LogP contribution >= 0.6 is 0 Å². The van der Waals surface area contributed by atoms with Crippen molar-refractivity contribution < 1.29 is 4.79 Å². The molecule has 2 aliphatic rings. The van der Waals surface area contributed by atoms with E-state index in [2.05, 4.69) is 59.5 Å². The van der Waals surface area contributed by atoms with Crippen molar-refractivity contribution in [3.8, 4) is 0 Å². The van der Waals surface area contributed by atoms with Gasteiger partial charge in [-0.1, -0.05) is 72.8 Å². The normalized spacial score (nSPS) is 21.6. The van der Waals surface area contributed by atoms with Crippen LogP contribution in [-0.4, -0.2) is 41.9 Å². The van der Waals surface area contributed by atoms with Crippen molar-refractivity contribution in [1.29, 1.82) is 0 Å². The first-order chi connectivity index (χ1) is 13.8. The van der Waals surface area contributed by atoms with Gasteiger partial charge in [0.15, 0.2) is 0 Å². The minimum atomic E-state index is 0.142. The van der Waals surface area contributed by atoms with E-state index in [1.807, 2.05) is 35.2 Å². The zero-order chi connectivity index (χ0) is 18.9. The molecule has 0 radical (unpaired) electrons. The highest BCUT2D eigenvalue weighted by atomic mass is 16.2. The van der Waals surface area contributed by atoms with Crippen LogP contribution in [0.25, 0.3) is 0 Å². The van der Waals surface area contributed by atoms with Gasteiger partial charge < -0.3 is 4.90 Å². The second-order valence-corrected chi connectivity index (χ2v) is 7.72. The van der Waals surface area contributed by atoms with Crippen LogP contribution in [0.4, 0.5) is 0 Å². The molecule has 3 nitrogen and oxygen atoms in total. The summed E-state index contributed by atoms with van der Waals surface area (Å²) in [5, 5.41) is 0. The molecule has 2 heterocycles. The summed E-state index contributed by atoms with van der Waals surface area (Å²) < 4.78 is 0. The lowest BCUT2D eigenvalue weighted by Gasteiger charge is -2.47. The van der Waals surface area contributed by atoms with Crippen LogP contribution in [0.5, 0.6) is 0 Å². The van der Waals surface area contributed by atoms with Gasteiger partial charge in [-0.3, -0.25) is 9.69 Å². The molecular formula is C25H24N2O. The second-order valence-electron chi connectivity index (χ2n) is 7.72. The van der Waals surface area contributed by atoms with Crippen molar-refractivity contribution in [1.82, 2.24) is 9.80 Å². The highest BCUT2D eigenvalue weighted by molar-refractivity contribution is 5.94. The Hall–Kier alpha value is -2.91. The monoisotopic (exact) mass is 368 g/mol. The topological polar surface area (TPSA) is 23.6 Å². The van der Waals surface area contributed by atoms with E-state index in [0.717, 1.165) is 31.7 Å². The van der Waals surface area contributed by atoms with E-state index < -0.39 is 0 Å². The van der Waals surface area contributed by atoms with Crippen LogP contribution in [0.3, 0.4) is 0 Å². The lowest BCUT2D eigenvalue weighted by atomic mass is 9.80. The maximum atomic E-state index is 13.0. The molecule has 1 amide bonds. The summed E-state index contributed by atoms with van der Waals surface area (Å²) >= 11 is 0. The Morgan fingerprint density at radius 1 is 0.714 bits per heavy atom. The highest BCUT2D eigenvalue weighted by Crippen LogP contribution is 2.40. The van der Waals surface area contributed by atoms with E-state index in [9.17, 15) is 4.79 Å². The largest absolute Gasteiger partial charge is 0.335 e. The maximum absolute atomic E-state index is 13.0. The first-order valence-electron chi connectivity index (χ1n) is 10.0. The molecule has 3 aromatic carbocycles. The molecule has 3 aromatic rings. The van der Waals surface area contributed by atoms with Gasteiger partial charge in [-0.25, -0.2) is 0 Å². The zero-order valence-electron chi connectivity index (χ0n) is 15.9. The Labute approximate surface area is 166 Å². The summed E-state index contributed by atoms with van der Waals surface area (Å²) in [7, 11) is 0. The lowest BCUT2D eigenvalue weighted by molar-refractivity contribution is 0.0435. The summed E-state index contributed by atoms with van der Waals surface area (Å²) in [5.41, 5.74) is 4.93. The fraction of sp³-hybridized carbons (Fsp3) is 0.240. The smallest absolute Gasteiger partial charge is 0.253 e. The van der Waals surface area contributed by atoms with Gasteiger partial charge >= 0.3 is 0 Å². The van der Waals surface area contributed by atoms with Gasteiger partial charge in [-0.15, -0.1) is 0 Å². The third kappa shape index (κ3) is 3.02. The molecule has 2 aliphatic heterocycles. The van der Waals surface area contributed by atoms with Crippen LogP contribution < -0.4 is 0 Å². The molecule has 0 saturated carbocycles. The molecular weight excluding hydrogens is 344 g/mol. The number of amides is 1. The number of nitrogens with zero attached hydrogens (tertiary/aromatic N) is 2. The number of fused-ring (bicyclic) bond motifs is 3. The van der Waals surface area contributed by atoms with Crippen LogP contribution in [0.2, 0.25) is 0 Å². The van der Waals surface area contributed by atoms with Crippen LogP contribution in [0.15, 0.2) is 84.9 Å². The molecule has 0 spiro atoms. The number of carbonyl (C=O) groups is 1. The molecule has 3 heteroatoms. The molecule has 1 fully saturated rings. The minimum absolute atomic E-state index is 0.142. The average molecular weight is 368 g/mol. The summed E-state index contributed by atoms with van der Waals surface area (Å²) in [6, 6.07) is 29.5. The van der Waals surface area contributed by atoms with Gasteiger partial charge in [0.05, 0.1) is 6.04 Å². The summed E-state index contributed by atoms with van der Waals surface area (Å²) in [5.74, 6) is 0.535. The van der Waals surface area contributed by atoms with Crippen molar-refractivity contribution in [2.24, 2.45) is 0 Å². The van der Waals surface area contributed by atoms with E-state index in [4.69, 9.17) is 0 Å². The lowest BCUT2D eigenvalue weighted by Crippen LogP contribution is -2.53. The quantitative estimate of drug-likeness (QED) is 0.672. The molecule has 28 heavy (non-hydrogen) atoms. The van der Waals surface area contributed by atoms with E-state index in [-0.39, 0.29) is 11.9 Å². The van der Waals surface area contributed by atoms with E-state index in [1.165, 1.54) is 16.7 Å². The predicted octanol–water partition coefficient (Wildman–Crippen LogP) is 4.33. The first-order valence-corrected chi connectivity index (χ1v) is 10.0. The average Bonchev–Trinajstić information content (AvgIpc) is 2.79. The van der Waals surface area contributed by atoms with Crippen molar-refractivity contribution in [2.45, 2.75) is 12.0 Å². The Morgan fingerprint density at radius 2 is 1.36 bits per heavy atom. The highest BCUT2D eigenvalue weighted by Gasteiger charge is 2.38. The molecule has 140 valence electrons.